The topological polar surface area (TPSA) is 17.8 Å². The highest BCUT2D eigenvalue weighted by molar-refractivity contribution is 5.62. The number of nitrogens with zero attached hydrogens (tertiary/aromatic N) is 2. The molecule has 4 rings (SSSR count). The summed E-state index contributed by atoms with van der Waals surface area (Å²) in [5.41, 5.74) is 8.82. The SMILES string of the molecule is Cc1cc(C)c(-n2ccnc2-c2cccc(Cc3ccccc3)c2)c(C)c1. The third kappa shape index (κ3) is 3.56. The Hall–Kier alpha value is -3.13. The lowest BCUT2D eigenvalue weighted by molar-refractivity contribution is 1.03. The van der Waals surface area contributed by atoms with Crippen LogP contribution in [0.1, 0.15) is 27.8 Å². The Kier molecular flexibility index (Phi) is 4.64. The zero-order valence-electron chi connectivity index (χ0n) is 16.1. The Bertz CT molecular complexity index is 1050. The van der Waals surface area contributed by atoms with E-state index in [1.165, 1.54) is 33.5 Å². The molecule has 134 valence electrons. The van der Waals surface area contributed by atoms with Crippen molar-refractivity contribution < 1.29 is 0 Å². The molecule has 0 saturated heterocycles. The number of imidazole rings is 1. The smallest absolute Gasteiger partial charge is 0.144 e. The van der Waals surface area contributed by atoms with E-state index >= 15 is 0 Å². The molecule has 0 spiro atoms. The van der Waals surface area contributed by atoms with E-state index in [-0.39, 0.29) is 0 Å². The van der Waals surface area contributed by atoms with Gasteiger partial charge in [0.1, 0.15) is 5.82 Å². The second kappa shape index (κ2) is 7.24. The van der Waals surface area contributed by atoms with Crippen molar-refractivity contribution in [3.63, 3.8) is 0 Å². The standard InChI is InChI=1S/C25H24N2/c1-18-14-19(2)24(20(3)15-18)27-13-12-26-25(27)23-11-7-10-22(17-23)16-21-8-5-4-6-9-21/h4-15,17H,16H2,1-3H3. The summed E-state index contributed by atoms with van der Waals surface area (Å²) in [7, 11) is 0. The van der Waals surface area contributed by atoms with Crippen LogP contribution in [0.4, 0.5) is 0 Å². The van der Waals surface area contributed by atoms with Crippen molar-refractivity contribution in [3.05, 3.63) is 107 Å². The molecule has 2 nitrogen and oxygen atoms in total. The Morgan fingerprint density at radius 3 is 2.22 bits per heavy atom. The van der Waals surface area contributed by atoms with Crippen molar-refractivity contribution in [1.82, 2.24) is 9.55 Å². The summed E-state index contributed by atoms with van der Waals surface area (Å²) in [4.78, 5) is 4.68. The van der Waals surface area contributed by atoms with E-state index in [4.69, 9.17) is 0 Å². The minimum atomic E-state index is 0.929. The van der Waals surface area contributed by atoms with Gasteiger partial charge in [-0.2, -0.15) is 0 Å². The fraction of sp³-hybridized carbons (Fsp3) is 0.160. The highest BCUT2D eigenvalue weighted by Crippen LogP contribution is 2.27. The number of aryl methyl sites for hydroxylation is 3. The van der Waals surface area contributed by atoms with Crippen molar-refractivity contribution in [1.29, 1.82) is 0 Å². The molecule has 0 unspecified atom stereocenters. The van der Waals surface area contributed by atoms with Crippen LogP contribution in [0.25, 0.3) is 17.1 Å². The van der Waals surface area contributed by atoms with Crippen LogP contribution in [0.5, 0.6) is 0 Å². The van der Waals surface area contributed by atoms with E-state index in [1.54, 1.807) is 0 Å². The first-order chi connectivity index (χ1) is 13.1. The quantitative estimate of drug-likeness (QED) is 0.437. The predicted molar refractivity (Wildman–Crippen MR) is 112 cm³/mol. The van der Waals surface area contributed by atoms with Crippen molar-refractivity contribution in [2.45, 2.75) is 27.2 Å². The molecule has 0 fully saturated rings. The minimum absolute atomic E-state index is 0.929. The lowest BCUT2D eigenvalue weighted by atomic mass is 10.0. The summed E-state index contributed by atoms with van der Waals surface area (Å²) in [6.07, 6.45) is 4.87. The van der Waals surface area contributed by atoms with Crippen LogP contribution < -0.4 is 0 Å². The molecule has 2 heteroatoms. The maximum atomic E-state index is 4.68. The van der Waals surface area contributed by atoms with Crippen molar-refractivity contribution in [2.75, 3.05) is 0 Å². The molecule has 0 radical (unpaired) electrons. The molecular formula is C25H24N2. The van der Waals surface area contributed by atoms with E-state index in [9.17, 15) is 0 Å². The first-order valence-corrected chi connectivity index (χ1v) is 9.36. The van der Waals surface area contributed by atoms with Gasteiger partial charge in [-0.1, -0.05) is 66.2 Å². The average Bonchev–Trinajstić information content (AvgIpc) is 3.11. The van der Waals surface area contributed by atoms with Gasteiger partial charge in [0, 0.05) is 18.0 Å². The average molecular weight is 352 g/mol. The lowest BCUT2D eigenvalue weighted by Crippen LogP contribution is -2.02. The monoisotopic (exact) mass is 352 g/mol. The minimum Gasteiger partial charge on any atom is -0.299 e. The number of hydrogen-bond donors (Lipinski definition) is 0. The molecule has 0 atom stereocenters. The summed E-state index contributed by atoms with van der Waals surface area (Å²) in [6, 6.07) is 23.8. The number of benzene rings is 3. The molecule has 3 aromatic carbocycles. The molecule has 0 aliphatic carbocycles. The normalized spacial score (nSPS) is 10.9. The van der Waals surface area contributed by atoms with Gasteiger partial charge in [-0.3, -0.25) is 4.57 Å². The Labute approximate surface area is 161 Å². The predicted octanol–water partition coefficient (Wildman–Crippen LogP) is 6.06. The van der Waals surface area contributed by atoms with Gasteiger partial charge >= 0.3 is 0 Å². The molecule has 1 heterocycles. The molecule has 0 aliphatic heterocycles. The van der Waals surface area contributed by atoms with Crippen LogP contribution in [-0.4, -0.2) is 9.55 Å². The fourth-order valence-corrected chi connectivity index (χ4v) is 3.90. The van der Waals surface area contributed by atoms with Crippen molar-refractivity contribution in [2.24, 2.45) is 0 Å². The van der Waals surface area contributed by atoms with E-state index in [0.29, 0.717) is 0 Å². The number of hydrogen-bond acceptors (Lipinski definition) is 1. The fourth-order valence-electron chi connectivity index (χ4n) is 3.90. The first kappa shape index (κ1) is 17.3. The molecule has 0 bridgehead atoms. The van der Waals surface area contributed by atoms with Crippen molar-refractivity contribution in [3.8, 4) is 17.1 Å². The van der Waals surface area contributed by atoms with Gasteiger partial charge in [-0.25, -0.2) is 4.98 Å². The van der Waals surface area contributed by atoms with Crippen LogP contribution in [0.3, 0.4) is 0 Å². The summed E-state index contributed by atoms with van der Waals surface area (Å²) in [5.74, 6) is 0.986. The third-order valence-corrected chi connectivity index (χ3v) is 4.95. The Morgan fingerprint density at radius 1 is 0.778 bits per heavy atom. The van der Waals surface area contributed by atoms with E-state index in [2.05, 4.69) is 103 Å². The van der Waals surface area contributed by atoms with Crippen molar-refractivity contribution >= 4 is 0 Å². The van der Waals surface area contributed by atoms with Gasteiger partial charge in [0.15, 0.2) is 0 Å². The van der Waals surface area contributed by atoms with Gasteiger partial charge in [-0.15, -0.1) is 0 Å². The van der Waals surface area contributed by atoms with Crippen LogP contribution in [0, 0.1) is 20.8 Å². The maximum absolute atomic E-state index is 4.68. The second-order valence-electron chi connectivity index (χ2n) is 7.23. The zero-order valence-corrected chi connectivity index (χ0v) is 16.1. The molecule has 0 aliphatic rings. The van der Waals surface area contributed by atoms with Crippen LogP contribution >= 0.6 is 0 Å². The van der Waals surface area contributed by atoms with Crippen LogP contribution in [-0.2, 0) is 6.42 Å². The molecule has 0 saturated carbocycles. The highest BCUT2D eigenvalue weighted by atomic mass is 15.1. The third-order valence-electron chi connectivity index (χ3n) is 4.95. The van der Waals surface area contributed by atoms with Gasteiger partial charge in [-0.05, 0) is 55.5 Å². The molecule has 27 heavy (non-hydrogen) atoms. The summed E-state index contributed by atoms with van der Waals surface area (Å²) < 4.78 is 2.21. The molecule has 4 aromatic rings. The highest BCUT2D eigenvalue weighted by Gasteiger charge is 2.13. The molecule has 1 aromatic heterocycles. The summed E-state index contributed by atoms with van der Waals surface area (Å²) >= 11 is 0. The summed E-state index contributed by atoms with van der Waals surface area (Å²) in [5, 5.41) is 0. The Morgan fingerprint density at radius 2 is 1.48 bits per heavy atom. The van der Waals surface area contributed by atoms with E-state index in [1.807, 2.05) is 6.20 Å². The number of rotatable bonds is 4. The van der Waals surface area contributed by atoms with Gasteiger partial charge < -0.3 is 0 Å². The van der Waals surface area contributed by atoms with Gasteiger partial charge in [0.05, 0.1) is 5.69 Å². The zero-order chi connectivity index (χ0) is 18.8. The largest absolute Gasteiger partial charge is 0.299 e. The molecule has 0 amide bonds. The molecule has 0 N–H and O–H groups in total. The van der Waals surface area contributed by atoms with Gasteiger partial charge in [0.25, 0.3) is 0 Å². The van der Waals surface area contributed by atoms with E-state index in [0.717, 1.165) is 17.8 Å². The lowest BCUT2D eigenvalue weighted by Gasteiger charge is -2.15. The maximum Gasteiger partial charge on any atom is 0.144 e. The first-order valence-electron chi connectivity index (χ1n) is 9.36. The molecular weight excluding hydrogens is 328 g/mol. The Balaban J connectivity index is 1.74. The summed E-state index contributed by atoms with van der Waals surface area (Å²) in [6.45, 7) is 6.49. The van der Waals surface area contributed by atoms with Crippen LogP contribution in [0.2, 0.25) is 0 Å². The van der Waals surface area contributed by atoms with Crippen LogP contribution in [0.15, 0.2) is 79.1 Å². The van der Waals surface area contributed by atoms with Gasteiger partial charge in [0.2, 0.25) is 0 Å². The number of aromatic nitrogens is 2. The second-order valence-corrected chi connectivity index (χ2v) is 7.23. The van der Waals surface area contributed by atoms with E-state index < -0.39 is 0 Å².